The lowest BCUT2D eigenvalue weighted by atomic mass is 10.1. The van der Waals surface area contributed by atoms with Crippen LogP contribution < -0.4 is 11.1 Å². The number of benzene rings is 1. The zero-order valence-corrected chi connectivity index (χ0v) is 10.8. The second kappa shape index (κ2) is 6.07. The van der Waals surface area contributed by atoms with Crippen molar-refractivity contribution in [3.8, 4) is 0 Å². The number of nitrogens with one attached hydrogen (secondary N) is 1. The van der Waals surface area contributed by atoms with E-state index in [4.69, 9.17) is 5.73 Å². The van der Waals surface area contributed by atoms with E-state index < -0.39 is 0 Å². The van der Waals surface area contributed by atoms with Crippen LogP contribution in [0.15, 0.2) is 24.3 Å². The fourth-order valence-corrected chi connectivity index (χ4v) is 1.77. The molecule has 3 nitrogen and oxygen atoms in total. The molecule has 0 aliphatic carbocycles. The van der Waals surface area contributed by atoms with Gasteiger partial charge in [0.25, 0.3) is 5.91 Å². The van der Waals surface area contributed by atoms with Crippen molar-refractivity contribution in [3.05, 3.63) is 33.4 Å². The highest BCUT2D eigenvalue weighted by molar-refractivity contribution is 14.1. The van der Waals surface area contributed by atoms with Gasteiger partial charge in [-0.3, -0.25) is 4.79 Å². The summed E-state index contributed by atoms with van der Waals surface area (Å²) in [5.74, 6) is -0.0502. The topological polar surface area (TPSA) is 55.1 Å². The van der Waals surface area contributed by atoms with E-state index in [2.05, 4.69) is 27.9 Å². The van der Waals surface area contributed by atoms with Gasteiger partial charge in [-0.2, -0.15) is 0 Å². The number of rotatable bonds is 4. The third-order valence-electron chi connectivity index (χ3n) is 2.20. The molecule has 0 aromatic heterocycles. The summed E-state index contributed by atoms with van der Waals surface area (Å²) in [6.07, 6.45) is 0.853. The molecule has 0 radical (unpaired) electrons. The Bertz CT molecular complexity index is 337. The van der Waals surface area contributed by atoms with Crippen LogP contribution in [0.5, 0.6) is 0 Å². The molecule has 15 heavy (non-hydrogen) atoms. The Morgan fingerprint density at radius 2 is 2.33 bits per heavy atom. The first-order valence-electron chi connectivity index (χ1n) is 4.94. The summed E-state index contributed by atoms with van der Waals surface area (Å²) >= 11 is 2.19. The van der Waals surface area contributed by atoms with Crippen molar-refractivity contribution in [1.29, 1.82) is 0 Å². The first-order chi connectivity index (χ1) is 7.17. The zero-order chi connectivity index (χ0) is 11.3. The second-order valence-corrected chi connectivity index (χ2v) is 4.57. The Morgan fingerprint density at radius 3 is 2.87 bits per heavy atom. The third-order valence-corrected chi connectivity index (χ3v) is 2.87. The number of nitrogens with two attached hydrogens (primary N) is 1. The average Bonchev–Trinajstić information content (AvgIpc) is 2.25. The maximum absolute atomic E-state index is 11.8. The Hall–Kier alpha value is -0.620. The van der Waals surface area contributed by atoms with Crippen molar-refractivity contribution in [2.24, 2.45) is 5.73 Å². The summed E-state index contributed by atoms with van der Waals surface area (Å²) in [5.41, 5.74) is 6.21. The average molecular weight is 318 g/mol. The predicted octanol–water partition coefficient (Wildman–Crippen LogP) is 1.76. The van der Waals surface area contributed by atoms with E-state index in [0.717, 1.165) is 9.99 Å². The van der Waals surface area contributed by atoms with Crippen LogP contribution in [0.4, 0.5) is 0 Å². The molecule has 1 rings (SSSR count). The van der Waals surface area contributed by atoms with Crippen molar-refractivity contribution in [1.82, 2.24) is 5.32 Å². The molecule has 1 amide bonds. The van der Waals surface area contributed by atoms with Gasteiger partial charge in [-0.05, 0) is 47.2 Å². The fraction of sp³-hybridized carbons (Fsp3) is 0.364. The minimum absolute atomic E-state index is 0.0502. The van der Waals surface area contributed by atoms with E-state index in [-0.39, 0.29) is 11.9 Å². The lowest BCUT2D eigenvalue weighted by Gasteiger charge is -2.14. The summed E-state index contributed by atoms with van der Waals surface area (Å²) in [6, 6.07) is 7.56. The van der Waals surface area contributed by atoms with Gasteiger partial charge in [0.1, 0.15) is 0 Å². The predicted molar refractivity (Wildman–Crippen MR) is 69.8 cm³/mol. The number of carbonyl (C=O) groups excluding carboxylic acids is 1. The van der Waals surface area contributed by atoms with Gasteiger partial charge in [0, 0.05) is 21.7 Å². The highest BCUT2D eigenvalue weighted by atomic mass is 127. The molecule has 0 heterocycles. The van der Waals surface area contributed by atoms with Crippen LogP contribution in [-0.4, -0.2) is 18.5 Å². The lowest BCUT2D eigenvalue weighted by Crippen LogP contribution is -2.39. The maximum atomic E-state index is 11.8. The van der Waals surface area contributed by atoms with Crippen molar-refractivity contribution in [2.75, 3.05) is 6.54 Å². The molecule has 1 atom stereocenters. The maximum Gasteiger partial charge on any atom is 0.251 e. The molecular formula is C11H15IN2O. The zero-order valence-electron chi connectivity index (χ0n) is 8.66. The van der Waals surface area contributed by atoms with Crippen LogP contribution in [-0.2, 0) is 0 Å². The van der Waals surface area contributed by atoms with E-state index in [9.17, 15) is 4.79 Å². The minimum Gasteiger partial charge on any atom is -0.348 e. The molecule has 0 saturated heterocycles. The third kappa shape index (κ3) is 3.79. The van der Waals surface area contributed by atoms with Crippen molar-refractivity contribution < 1.29 is 4.79 Å². The SMILES string of the molecule is CCC(CN)NC(=O)c1cccc(I)c1. The van der Waals surface area contributed by atoms with Crippen LogP contribution in [0.3, 0.4) is 0 Å². The Labute approximate surface area is 104 Å². The minimum atomic E-state index is -0.0502. The van der Waals surface area contributed by atoms with Crippen LogP contribution in [0.1, 0.15) is 23.7 Å². The number of amides is 1. The molecule has 82 valence electrons. The molecule has 0 fully saturated rings. The Morgan fingerprint density at radius 1 is 1.60 bits per heavy atom. The number of halogens is 1. The van der Waals surface area contributed by atoms with Gasteiger partial charge in [-0.25, -0.2) is 0 Å². The van der Waals surface area contributed by atoms with Gasteiger partial charge in [-0.15, -0.1) is 0 Å². The molecule has 1 unspecified atom stereocenters. The van der Waals surface area contributed by atoms with Gasteiger partial charge >= 0.3 is 0 Å². The quantitative estimate of drug-likeness (QED) is 0.831. The molecule has 3 N–H and O–H groups in total. The first kappa shape index (κ1) is 12.4. The van der Waals surface area contributed by atoms with Gasteiger partial charge in [-0.1, -0.05) is 13.0 Å². The number of hydrogen-bond acceptors (Lipinski definition) is 2. The number of carbonyl (C=O) groups is 1. The Kier molecular flexibility index (Phi) is 5.04. The number of hydrogen-bond donors (Lipinski definition) is 2. The van der Waals surface area contributed by atoms with Crippen molar-refractivity contribution >= 4 is 28.5 Å². The standard InChI is InChI=1S/C11H15IN2O/c1-2-10(7-13)14-11(15)8-4-3-5-9(12)6-8/h3-6,10H,2,7,13H2,1H3,(H,14,15). The van der Waals surface area contributed by atoms with Crippen LogP contribution in [0, 0.1) is 3.57 Å². The molecule has 0 spiro atoms. The fourth-order valence-electron chi connectivity index (χ4n) is 1.23. The van der Waals surface area contributed by atoms with E-state index in [1.54, 1.807) is 6.07 Å². The van der Waals surface area contributed by atoms with Crippen LogP contribution >= 0.6 is 22.6 Å². The molecule has 0 aliphatic heterocycles. The largest absolute Gasteiger partial charge is 0.348 e. The smallest absolute Gasteiger partial charge is 0.251 e. The summed E-state index contributed by atoms with van der Waals surface area (Å²) in [6.45, 7) is 2.48. The normalized spacial score (nSPS) is 12.2. The first-order valence-corrected chi connectivity index (χ1v) is 6.01. The Balaban J connectivity index is 2.68. The molecule has 0 bridgehead atoms. The monoisotopic (exact) mass is 318 g/mol. The van der Waals surface area contributed by atoms with E-state index >= 15 is 0 Å². The summed E-state index contributed by atoms with van der Waals surface area (Å²) in [4.78, 5) is 11.8. The molecule has 0 aliphatic rings. The summed E-state index contributed by atoms with van der Waals surface area (Å²) in [7, 11) is 0. The molecule has 1 aromatic carbocycles. The van der Waals surface area contributed by atoms with Gasteiger partial charge in [0.05, 0.1) is 0 Å². The highest BCUT2D eigenvalue weighted by Crippen LogP contribution is 2.07. The molecule has 1 aromatic rings. The van der Waals surface area contributed by atoms with Gasteiger partial charge < -0.3 is 11.1 Å². The van der Waals surface area contributed by atoms with Crippen LogP contribution in [0.25, 0.3) is 0 Å². The van der Waals surface area contributed by atoms with E-state index in [1.807, 2.05) is 25.1 Å². The van der Waals surface area contributed by atoms with Crippen LogP contribution in [0.2, 0.25) is 0 Å². The van der Waals surface area contributed by atoms with Gasteiger partial charge in [0.15, 0.2) is 0 Å². The van der Waals surface area contributed by atoms with Crippen molar-refractivity contribution in [3.63, 3.8) is 0 Å². The molecule has 0 saturated carbocycles. The lowest BCUT2D eigenvalue weighted by molar-refractivity contribution is 0.0937. The van der Waals surface area contributed by atoms with Crippen molar-refractivity contribution in [2.45, 2.75) is 19.4 Å². The molecule has 4 heteroatoms. The van der Waals surface area contributed by atoms with E-state index in [1.165, 1.54) is 0 Å². The molecular weight excluding hydrogens is 303 g/mol. The second-order valence-electron chi connectivity index (χ2n) is 3.32. The van der Waals surface area contributed by atoms with Gasteiger partial charge in [0.2, 0.25) is 0 Å². The summed E-state index contributed by atoms with van der Waals surface area (Å²) in [5, 5.41) is 2.89. The van der Waals surface area contributed by atoms with E-state index in [0.29, 0.717) is 12.1 Å². The highest BCUT2D eigenvalue weighted by Gasteiger charge is 2.10. The summed E-state index contributed by atoms with van der Waals surface area (Å²) < 4.78 is 1.06.